The van der Waals surface area contributed by atoms with Gasteiger partial charge in [-0.2, -0.15) is 5.10 Å². The van der Waals surface area contributed by atoms with Crippen LogP contribution in [0.5, 0.6) is 0 Å². The lowest BCUT2D eigenvalue weighted by atomic mass is 9.93. The maximum atomic E-state index is 12.9. The highest BCUT2D eigenvalue weighted by molar-refractivity contribution is 9.10. The number of benzene rings is 3. The van der Waals surface area contributed by atoms with Gasteiger partial charge in [-0.25, -0.2) is 5.43 Å². The van der Waals surface area contributed by atoms with Crippen LogP contribution in [0.15, 0.2) is 80.7 Å². The van der Waals surface area contributed by atoms with Gasteiger partial charge in [-0.1, -0.05) is 52.3 Å². The zero-order chi connectivity index (χ0) is 23.7. The van der Waals surface area contributed by atoms with Crippen LogP contribution in [-0.2, 0) is 6.42 Å². The van der Waals surface area contributed by atoms with Crippen molar-refractivity contribution in [1.82, 2.24) is 5.43 Å². The Hall–Kier alpha value is -3.71. The summed E-state index contributed by atoms with van der Waals surface area (Å²) in [6.07, 6.45) is 2.24. The number of furan rings is 1. The maximum absolute atomic E-state index is 12.9. The van der Waals surface area contributed by atoms with E-state index < -0.39 is 0 Å². The number of nitrogens with one attached hydrogen (secondary N) is 2. The van der Waals surface area contributed by atoms with E-state index in [1.807, 2.05) is 67.6 Å². The number of aryl methyl sites for hydroxylation is 1. The molecule has 4 aromatic rings. The van der Waals surface area contributed by atoms with Gasteiger partial charge in [0.2, 0.25) is 0 Å². The van der Waals surface area contributed by atoms with E-state index in [0.29, 0.717) is 17.7 Å². The quantitative estimate of drug-likeness (QED) is 0.316. The van der Waals surface area contributed by atoms with E-state index in [9.17, 15) is 9.59 Å². The Morgan fingerprint density at radius 2 is 1.71 bits per heavy atom. The summed E-state index contributed by atoms with van der Waals surface area (Å²) in [6, 6.07) is 20.7. The first-order valence-corrected chi connectivity index (χ1v) is 11.8. The molecule has 1 heterocycles. The van der Waals surface area contributed by atoms with Gasteiger partial charge in [0.25, 0.3) is 11.8 Å². The fraction of sp³-hybridized carbons (Fsp3) is 0.148. The van der Waals surface area contributed by atoms with Crippen molar-refractivity contribution < 1.29 is 14.0 Å². The van der Waals surface area contributed by atoms with Crippen molar-refractivity contribution in [1.29, 1.82) is 0 Å². The Morgan fingerprint density at radius 3 is 2.53 bits per heavy atom. The van der Waals surface area contributed by atoms with Crippen LogP contribution in [0, 0.1) is 6.92 Å². The lowest BCUT2D eigenvalue weighted by Crippen LogP contribution is -2.22. The zero-order valence-corrected chi connectivity index (χ0v) is 20.1. The summed E-state index contributed by atoms with van der Waals surface area (Å²) < 4.78 is 6.89. The van der Waals surface area contributed by atoms with Gasteiger partial charge in [-0.15, -0.1) is 0 Å². The Morgan fingerprint density at radius 1 is 0.941 bits per heavy atom. The monoisotopic (exact) mass is 515 g/mol. The van der Waals surface area contributed by atoms with Crippen LogP contribution in [0.2, 0.25) is 0 Å². The van der Waals surface area contributed by atoms with Gasteiger partial charge in [0.05, 0.1) is 5.71 Å². The van der Waals surface area contributed by atoms with Crippen molar-refractivity contribution in [2.24, 2.45) is 5.10 Å². The average Bonchev–Trinajstić information content (AvgIpc) is 3.20. The van der Waals surface area contributed by atoms with E-state index >= 15 is 0 Å². The molecule has 170 valence electrons. The summed E-state index contributed by atoms with van der Waals surface area (Å²) in [6.45, 7) is 1.85. The molecule has 1 aliphatic carbocycles. The van der Waals surface area contributed by atoms with Crippen LogP contribution < -0.4 is 10.7 Å². The summed E-state index contributed by atoms with van der Waals surface area (Å²) in [5.74, 6) is 0.407. The summed E-state index contributed by atoms with van der Waals surface area (Å²) in [5, 5.41) is 9.20. The molecule has 0 fully saturated rings. The van der Waals surface area contributed by atoms with Crippen LogP contribution in [0.25, 0.3) is 10.8 Å². The van der Waals surface area contributed by atoms with Crippen LogP contribution in [0.1, 0.15) is 50.6 Å². The fourth-order valence-corrected chi connectivity index (χ4v) is 4.58. The molecule has 3 aromatic carbocycles. The topological polar surface area (TPSA) is 83.7 Å². The third-order valence-corrected chi connectivity index (χ3v) is 6.49. The second-order valence-corrected chi connectivity index (χ2v) is 9.11. The molecule has 0 spiro atoms. The zero-order valence-electron chi connectivity index (χ0n) is 18.5. The molecule has 5 rings (SSSR count). The minimum atomic E-state index is -0.312. The van der Waals surface area contributed by atoms with Gasteiger partial charge in [0.15, 0.2) is 5.76 Å². The predicted octanol–water partition coefficient (Wildman–Crippen LogP) is 6.23. The van der Waals surface area contributed by atoms with Crippen molar-refractivity contribution >= 4 is 49.9 Å². The third-order valence-electron chi connectivity index (χ3n) is 5.96. The number of carbonyl (C=O) groups is 2. The Kier molecular flexibility index (Phi) is 6.02. The summed E-state index contributed by atoms with van der Waals surface area (Å²) in [7, 11) is 0. The second kappa shape index (κ2) is 9.27. The number of hydrogen-bond donors (Lipinski definition) is 2. The minimum absolute atomic E-state index is 0.267. The average molecular weight is 516 g/mol. The van der Waals surface area contributed by atoms with E-state index in [4.69, 9.17) is 4.42 Å². The number of rotatable bonds is 4. The number of nitrogens with zero attached hydrogens (tertiary/aromatic N) is 1. The van der Waals surface area contributed by atoms with Gasteiger partial charge in [-0.05, 0) is 60.9 Å². The van der Waals surface area contributed by atoms with Gasteiger partial charge < -0.3 is 9.73 Å². The number of anilines is 1. The lowest BCUT2D eigenvalue weighted by Gasteiger charge is -2.13. The molecule has 0 aliphatic heterocycles. The van der Waals surface area contributed by atoms with Crippen LogP contribution in [0.4, 0.5) is 5.69 Å². The van der Waals surface area contributed by atoms with E-state index in [0.717, 1.165) is 50.7 Å². The Labute approximate surface area is 205 Å². The SMILES string of the molecule is Cc1c(C(=O)Nc2ccc(Br)cc2)oc2c1/C(=N/NC(=O)c1cccc3ccccc13)CCC2. The number of amides is 2. The molecule has 0 atom stereocenters. The standard InChI is InChI=1S/C27H22BrN3O3/c1-16-24-22(30-31-26(32)21-9-4-7-17-6-2-3-8-20(17)21)10-5-11-23(24)34-25(16)27(33)29-19-14-12-18(28)13-15-19/h2-4,6-9,12-15H,5,10-11H2,1H3,(H,29,33)(H,31,32)/b30-22+. The molecule has 1 aromatic heterocycles. The summed E-state index contributed by atoms with van der Waals surface area (Å²) in [4.78, 5) is 25.8. The highest BCUT2D eigenvalue weighted by Gasteiger charge is 2.28. The van der Waals surface area contributed by atoms with Gasteiger partial charge in [0.1, 0.15) is 5.76 Å². The highest BCUT2D eigenvalue weighted by Crippen LogP contribution is 2.30. The normalized spacial score (nSPS) is 14.1. The molecule has 1 aliphatic rings. The molecular formula is C27H22BrN3O3. The number of hydrogen-bond acceptors (Lipinski definition) is 4. The first kappa shape index (κ1) is 22.1. The number of hydrazone groups is 1. The molecule has 2 amide bonds. The maximum Gasteiger partial charge on any atom is 0.291 e. The molecule has 0 saturated heterocycles. The number of halogens is 1. The van der Waals surface area contributed by atoms with Gasteiger partial charge in [0, 0.05) is 33.3 Å². The largest absolute Gasteiger partial charge is 0.455 e. The molecule has 0 radical (unpaired) electrons. The van der Waals surface area contributed by atoms with Crippen molar-refractivity contribution in [2.45, 2.75) is 26.2 Å². The second-order valence-electron chi connectivity index (χ2n) is 8.20. The summed E-state index contributed by atoms with van der Waals surface area (Å²) >= 11 is 3.39. The lowest BCUT2D eigenvalue weighted by molar-refractivity contribution is 0.0955. The Bertz CT molecular complexity index is 1430. The highest BCUT2D eigenvalue weighted by atomic mass is 79.9. The van der Waals surface area contributed by atoms with Crippen LogP contribution in [-0.4, -0.2) is 17.5 Å². The predicted molar refractivity (Wildman–Crippen MR) is 136 cm³/mol. The fourth-order valence-electron chi connectivity index (χ4n) is 4.32. The molecule has 0 bridgehead atoms. The first-order chi connectivity index (χ1) is 16.5. The Balaban J connectivity index is 1.40. The van der Waals surface area contributed by atoms with Crippen LogP contribution in [0.3, 0.4) is 0 Å². The van der Waals surface area contributed by atoms with Crippen LogP contribution >= 0.6 is 15.9 Å². The molecule has 0 unspecified atom stereocenters. The van der Waals surface area contributed by atoms with Gasteiger partial charge in [-0.3, -0.25) is 9.59 Å². The van der Waals surface area contributed by atoms with E-state index in [1.165, 1.54) is 0 Å². The molecule has 34 heavy (non-hydrogen) atoms. The van der Waals surface area contributed by atoms with Gasteiger partial charge >= 0.3 is 0 Å². The van der Waals surface area contributed by atoms with Crippen molar-refractivity contribution in [3.8, 4) is 0 Å². The third kappa shape index (κ3) is 4.26. The first-order valence-electron chi connectivity index (χ1n) is 11.1. The van der Waals surface area contributed by atoms with E-state index in [1.54, 1.807) is 6.07 Å². The van der Waals surface area contributed by atoms with Crippen molar-refractivity contribution in [3.05, 3.63) is 99.4 Å². The van der Waals surface area contributed by atoms with E-state index in [-0.39, 0.29) is 17.6 Å². The molecule has 7 heteroatoms. The van der Waals surface area contributed by atoms with Crippen molar-refractivity contribution in [2.75, 3.05) is 5.32 Å². The smallest absolute Gasteiger partial charge is 0.291 e. The van der Waals surface area contributed by atoms with E-state index in [2.05, 4.69) is 31.8 Å². The molecule has 2 N–H and O–H groups in total. The molecule has 0 saturated carbocycles. The number of fused-ring (bicyclic) bond motifs is 2. The molecule has 6 nitrogen and oxygen atoms in total. The summed E-state index contributed by atoms with van der Waals surface area (Å²) in [5.41, 5.74) is 6.22. The van der Waals surface area contributed by atoms with Crippen molar-refractivity contribution in [3.63, 3.8) is 0 Å². The number of carbonyl (C=O) groups excluding carboxylic acids is 2. The minimum Gasteiger partial charge on any atom is -0.455 e. The molecular weight excluding hydrogens is 494 g/mol.